The summed E-state index contributed by atoms with van der Waals surface area (Å²) in [4.78, 5) is 9.81. The van der Waals surface area contributed by atoms with Crippen LogP contribution in [0, 0.1) is 10.1 Å². The summed E-state index contributed by atoms with van der Waals surface area (Å²) in [6.07, 6.45) is -9.68. The topological polar surface area (TPSA) is 55.2 Å². The van der Waals surface area contributed by atoms with Crippen molar-refractivity contribution in [3.05, 3.63) is 63.7 Å². The van der Waals surface area contributed by atoms with Crippen LogP contribution in [0.1, 0.15) is 11.1 Å². The molecule has 10 heteroatoms. The Morgan fingerprint density at radius 1 is 0.875 bits per heavy atom. The fourth-order valence-corrected chi connectivity index (χ4v) is 1.89. The standard InChI is InChI=1S/C14H8F6N2O2/c15-13(16,17)8-1-6-11(14(18,19)20)12(7-8)21-9-2-4-10(5-3-9)22(23)24/h1-7,21H. The second-order valence-electron chi connectivity index (χ2n) is 4.68. The van der Waals surface area contributed by atoms with E-state index in [-0.39, 0.29) is 11.4 Å². The molecule has 0 aliphatic carbocycles. The van der Waals surface area contributed by atoms with Crippen LogP contribution in [0.4, 0.5) is 43.4 Å². The largest absolute Gasteiger partial charge is 0.418 e. The Morgan fingerprint density at radius 2 is 1.46 bits per heavy atom. The van der Waals surface area contributed by atoms with E-state index in [0.717, 1.165) is 24.3 Å². The number of nitro benzene ring substituents is 1. The lowest BCUT2D eigenvalue weighted by molar-refractivity contribution is -0.384. The zero-order valence-corrected chi connectivity index (χ0v) is 11.6. The number of alkyl halides is 6. The van der Waals surface area contributed by atoms with Crippen LogP contribution in [0.25, 0.3) is 0 Å². The molecule has 0 aliphatic rings. The van der Waals surface area contributed by atoms with Gasteiger partial charge >= 0.3 is 12.4 Å². The summed E-state index contributed by atoms with van der Waals surface area (Å²) in [7, 11) is 0. The monoisotopic (exact) mass is 350 g/mol. The quantitative estimate of drug-likeness (QED) is 0.460. The zero-order chi connectivity index (χ0) is 18.1. The Balaban J connectivity index is 2.44. The normalized spacial score (nSPS) is 12.1. The molecule has 1 N–H and O–H groups in total. The molecule has 0 unspecified atom stereocenters. The maximum absolute atomic E-state index is 12.9. The van der Waals surface area contributed by atoms with Crippen molar-refractivity contribution in [3.63, 3.8) is 0 Å². The second-order valence-corrected chi connectivity index (χ2v) is 4.68. The molecule has 0 aromatic heterocycles. The maximum atomic E-state index is 12.9. The molecule has 2 aromatic carbocycles. The van der Waals surface area contributed by atoms with Crippen LogP contribution in [0.5, 0.6) is 0 Å². The van der Waals surface area contributed by atoms with E-state index < -0.39 is 34.1 Å². The van der Waals surface area contributed by atoms with Crippen LogP contribution >= 0.6 is 0 Å². The Kier molecular flexibility index (Phi) is 4.41. The number of rotatable bonds is 3. The Morgan fingerprint density at radius 3 is 1.92 bits per heavy atom. The van der Waals surface area contributed by atoms with Gasteiger partial charge in [0.25, 0.3) is 5.69 Å². The van der Waals surface area contributed by atoms with Crippen LogP contribution in [0.15, 0.2) is 42.5 Å². The zero-order valence-electron chi connectivity index (χ0n) is 11.6. The van der Waals surface area contributed by atoms with E-state index in [1.165, 1.54) is 0 Å². The van der Waals surface area contributed by atoms with Crippen molar-refractivity contribution < 1.29 is 31.3 Å². The van der Waals surface area contributed by atoms with Crippen molar-refractivity contribution in [3.8, 4) is 0 Å². The third-order valence-electron chi connectivity index (χ3n) is 3.01. The summed E-state index contributed by atoms with van der Waals surface area (Å²) < 4.78 is 76.9. The molecular weight excluding hydrogens is 342 g/mol. The van der Waals surface area contributed by atoms with Crippen molar-refractivity contribution in [1.82, 2.24) is 0 Å². The minimum absolute atomic E-state index is 0.0228. The van der Waals surface area contributed by atoms with Crippen LogP contribution in [-0.2, 0) is 12.4 Å². The van der Waals surface area contributed by atoms with Crippen molar-refractivity contribution in [2.75, 3.05) is 5.32 Å². The molecule has 0 saturated heterocycles. The number of nitrogens with zero attached hydrogens (tertiary/aromatic N) is 1. The van der Waals surface area contributed by atoms with E-state index in [4.69, 9.17) is 0 Å². The average molecular weight is 350 g/mol. The molecule has 0 fully saturated rings. The van der Waals surface area contributed by atoms with E-state index >= 15 is 0 Å². The van der Waals surface area contributed by atoms with Gasteiger partial charge in [0.05, 0.1) is 21.7 Å². The molecular formula is C14H8F6N2O2. The maximum Gasteiger partial charge on any atom is 0.418 e. The lowest BCUT2D eigenvalue weighted by Gasteiger charge is -2.17. The number of nitrogens with one attached hydrogen (secondary N) is 1. The Labute approximate surface area is 130 Å². The molecule has 0 spiro atoms. The summed E-state index contributed by atoms with van der Waals surface area (Å²) >= 11 is 0. The van der Waals surface area contributed by atoms with Gasteiger partial charge in [-0.15, -0.1) is 0 Å². The average Bonchev–Trinajstić information content (AvgIpc) is 2.45. The first-order chi connectivity index (χ1) is 11.0. The van der Waals surface area contributed by atoms with Crippen molar-refractivity contribution in [2.24, 2.45) is 0 Å². The van der Waals surface area contributed by atoms with Crippen LogP contribution < -0.4 is 5.32 Å². The number of benzene rings is 2. The van der Waals surface area contributed by atoms with Gasteiger partial charge < -0.3 is 5.32 Å². The van der Waals surface area contributed by atoms with Crippen LogP contribution in [0.2, 0.25) is 0 Å². The number of halogens is 6. The summed E-state index contributed by atoms with van der Waals surface area (Å²) in [6, 6.07) is 5.23. The van der Waals surface area contributed by atoms with Crippen LogP contribution in [0.3, 0.4) is 0 Å². The predicted molar refractivity (Wildman–Crippen MR) is 72.8 cm³/mol. The number of anilines is 2. The number of non-ortho nitro benzene ring substituents is 1. The summed E-state index contributed by atoms with van der Waals surface area (Å²) in [5, 5.41) is 12.7. The molecule has 0 saturated carbocycles. The van der Waals surface area contributed by atoms with E-state index in [0.29, 0.717) is 18.2 Å². The lowest BCUT2D eigenvalue weighted by Crippen LogP contribution is -2.12. The fourth-order valence-electron chi connectivity index (χ4n) is 1.89. The predicted octanol–water partition coefficient (Wildman–Crippen LogP) is 5.38. The molecule has 0 heterocycles. The molecule has 0 atom stereocenters. The number of hydrogen-bond donors (Lipinski definition) is 1. The highest BCUT2D eigenvalue weighted by atomic mass is 19.4. The highest BCUT2D eigenvalue weighted by Gasteiger charge is 2.37. The van der Waals surface area contributed by atoms with E-state index in [1.807, 2.05) is 0 Å². The third kappa shape index (κ3) is 3.94. The summed E-state index contributed by atoms with van der Waals surface area (Å²) in [6.45, 7) is 0. The van der Waals surface area contributed by atoms with E-state index in [9.17, 15) is 36.5 Å². The van der Waals surface area contributed by atoms with Gasteiger partial charge in [-0.3, -0.25) is 10.1 Å². The first-order valence-electron chi connectivity index (χ1n) is 6.28. The van der Waals surface area contributed by atoms with Crippen molar-refractivity contribution >= 4 is 17.1 Å². The lowest BCUT2D eigenvalue weighted by atomic mass is 10.1. The summed E-state index contributed by atoms with van der Waals surface area (Å²) in [5.74, 6) is 0. The molecule has 0 aliphatic heterocycles. The van der Waals surface area contributed by atoms with Gasteiger partial charge in [-0.05, 0) is 30.3 Å². The van der Waals surface area contributed by atoms with Gasteiger partial charge in [0, 0.05) is 17.8 Å². The molecule has 2 rings (SSSR count). The Bertz CT molecular complexity index is 753. The van der Waals surface area contributed by atoms with Crippen molar-refractivity contribution in [1.29, 1.82) is 0 Å². The highest BCUT2D eigenvalue weighted by Crippen LogP contribution is 2.40. The minimum Gasteiger partial charge on any atom is -0.355 e. The summed E-state index contributed by atoms with van der Waals surface area (Å²) in [5.41, 5.74) is -3.66. The number of nitro groups is 1. The first kappa shape index (κ1) is 17.6. The molecule has 2 aromatic rings. The van der Waals surface area contributed by atoms with Gasteiger partial charge in [0.1, 0.15) is 0 Å². The first-order valence-corrected chi connectivity index (χ1v) is 6.28. The third-order valence-corrected chi connectivity index (χ3v) is 3.01. The van der Waals surface area contributed by atoms with E-state index in [2.05, 4.69) is 5.32 Å². The molecule has 128 valence electrons. The molecule has 0 radical (unpaired) electrons. The highest BCUT2D eigenvalue weighted by molar-refractivity contribution is 5.66. The molecule has 24 heavy (non-hydrogen) atoms. The Hall–Kier alpha value is -2.78. The van der Waals surface area contributed by atoms with E-state index in [1.54, 1.807) is 0 Å². The second kappa shape index (κ2) is 6.02. The van der Waals surface area contributed by atoms with Gasteiger partial charge in [0.15, 0.2) is 0 Å². The van der Waals surface area contributed by atoms with Gasteiger partial charge in [-0.25, -0.2) is 0 Å². The van der Waals surface area contributed by atoms with Gasteiger partial charge in [-0.1, -0.05) is 0 Å². The molecule has 0 amide bonds. The SMILES string of the molecule is O=[N+]([O-])c1ccc(Nc2cc(C(F)(F)F)ccc2C(F)(F)F)cc1. The fraction of sp³-hybridized carbons (Fsp3) is 0.143. The minimum atomic E-state index is -4.87. The van der Waals surface area contributed by atoms with Crippen LogP contribution in [-0.4, -0.2) is 4.92 Å². The smallest absolute Gasteiger partial charge is 0.355 e. The van der Waals surface area contributed by atoms with Gasteiger partial charge in [0.2, 0.25) is 0 Å². The number of hydrogen-bond acceptors (Lipinski definition) is 3. The molecule has 0 bridgehead atoms. The molecule has 4 nitrogen and oxygen atoms in total. The van der Waals surface area contributed by atoms with Gasteiger partial charge in [-0.2, -0.15) is 26.3 Å². The van der Waals surface area contributed by atoms with Crippen molar-refractivity contribution in [2.45, 2.75) is 12.4 Å².